The molecule has 0 spiro atoms. The number of rotatable bonds is 7. The molecule has 4 heterocycles. The number of methoxy groups -OCH3 is 1. The number of hydrogen-bond acceptors (Lipinski definition) is 7. The zero-order chi connectivity index (χ0) is 23.0. The number of pyridine rings is 1. The Morgan fingerprint density at radius 3 is 2.69 bits per heavy atom. The van der Waals surface area contributed by atoms with Gasteiger partial charge in [0, 0.05) is 34.0 Å². The second-order valence-electron chi connectivity index (χ2n) is 6.77. The first kappa shape index (κ1) is 22.0. The minimum Gasteiger partial charge on any atom is -0.365 e. The van der Waals surface area contributed by atoms with E-state index >= 15 is 0 Å². The van der Waals surface area contributed by atoms with Crippen LogP contribution in [-0.4, -0.2) is 33.7 Å². The molecular weight excluding hydrogens is 460 g/mol. The van der Waals surface area contributed by atoms with Crippen LogP contribution in [0.1, 0.15) is 37.2 Å². The second kappa shape index (κ2) is 8.73. The van der Waals surface area contributed by atoms with Crippen LogP contribution in [0.25, 0.3) is 20.7 Å². The normalized spacial score (nSPS) is 11.4. The van der Waals surface area contributed by atoms with Gasteiger partial charge in [0.25, 0.3) is 18.2 Å². The molecule has 3 N–H and O–H groups in total. The number of hydrogen-bond donors (Lipinski definition) is 2. The summed E-state index contributed by atoms with van der Waals surface area (Å²) in [6.07, 6.45) is -1.24. The van der Waals surface area contributed by atoms with Crippen molar-refractivity contribution in [2.75, 3.05) is 12.4 Å². The highest BCUT2D eigenvalue weighted by Crippen LogP contribution is 2.44. The Morgan fingerprint density at radius 2 is 2.06 bits per heavy atom. The molecule has 0 aromatic carbocycles. The quantitative estimate of drug-likeness (QED) is 0.409. The van der Waals surface area contributed by atoms with Crippen molar-refractivity contribution in [3.8, 4) is 10.4 Å². The van der Waals surface area contributed by atoms with Crippen LogP contribution in [0.5, 0.6) is 0 Å². The number of halogens is 2. The minimum absolute atomic E-state index is 0.0121. The van der Waals surface area contributed by atoms with Gasteiger partial charge in [0.15, 0.2) is 5.69 Å². The van der Waals surface area contributed by atoms with Crippen LogP contribution >= 0.6 is 22.7 Å². The zero-order valence-corrected chi connectivity index (χ0v) is 18.5. The molecule has 0 saturated carbocycles. The highest BCUT2D eigenvalue weighted by molar-refractivity contribution is 7.21. The number of nitrogens with two attached hydrogens (primary N) is 1. The maximum absolute atomic E-state index is 13.5. The zero-order valence-electron chi connectivity index (χ0n) is 16.9. The third kappa shape index (κ3) is 4.11. The molecule has 0 aliphatic heterocycles. The number of fused-ring (bicyclic) bond motifs is 1. The fourth-order valence-electron chi connectivity index (χ4n) is 3.16. The van der Waals surface area contributed by atoms with E-state index in [0.717, 1.165) is 16.2 Å². The number of thiophene rings is 2. The van der Waals surface area contributed by atoms with Crippen molar-refractivity contribution in [1.82, 2.24) is 14.8 Å². The van der Waals surface area contributed by atoms with Crippen LogP contribution < -0.4 is 11.1 Å². The van der Waals surface area contributed by atoms with Crippen molar-refractivity contribution in [1.29, 1.82) is 0 Å². The summed E-state index contributed by atoms with van der Waals surface area (Å²) in [7, 11) is 1.49. The van der Waals surface area contributed by atoms with E-state index in [4.69, 9.17) is 10.5 Å². The van der Waals surface area contributed by atoms with E-state index < -0.39 is 23.9 Å². The van der Waals surface area contributed by atoms with Crippen molar-refractivity contribution in [3.05, 3.63) is 51.6 Å². The monoisotopic (exact) mass is 477 g/mol. The molecule has 0 radical (unpaired) electrons. The van der Waals surface area contributed by atoms with E-state index in [2.05, 4.69) is 15.4 Å². The molecule has 8 nitrogen and oxygen atoms in total. The topological polar surface area (TPSA) is 112 Å². The maximum atomic E-state index is 13.5. The molecule has 12 heteroatoms. The minimum atomic E-state index is -2.80. The highest BCUT2D eigenvalue weighted by atomic mass is 32.1. The molecule has 0 saturated heterocycles. The van der Waals surface area contributed by atoms with Crippen molar-refractivity contribution in [2.24, 2.45) is 5.73 Å². The number of nitrogens with one attached hydrogen (secondary N) is 1. The number of aromatic nitrogens is 3. The van der Waals surface area contributed by atoms with Crippen molar-refractivity contribution >= 4 is 50.4 Å². The van der Waals surface area contributed by atoms with E-state index in [9.17, 15) is 18.4 Å². The smallest absolute Gasteiger partial charge is 0.280 e. The Bertz CT molecular complexity index is 1330. The van der Waals surface area contributed by atoms with Crippen LogP contribution in [0.2, 0.25) is 0 Å². The van der Waals surface area contributed by atoms with E-state index in [0.29, 0.717) is 15.8 Å². The highest BCUT2D eigenvalue weighted by Gasteiger charge is 2.26. The molecule has 32 heavy (non-hydrogen) atoms. The molecule has 4 aromatic heterocycles. The predicted octanol–water partition coefficient (Wildman–Crippen LogP) is 4.42. The average Bonchev–Trinajstić information content (AvgIpc) is 3.46. The van der Waals surface area contributed by atoms with Gasteiger partial charge in [-0.25, -0.2) is 18.4 Å². The summed E-state index contributed by atoms with van der Waals surface area (Å²) in [5.41, 5.74) is 5.76. The van der Waals surface area contributed by atoms with Gasteiger partial charge in [-0.05, 0) is 31.2 Å². The van der Waals surface area contributed by atoms with Crippen molar-refractivity contribution < 1.29 is 23.1 Å². The Labute approximate surface area is 188 Å². The fourth-order valence-corrected chi connectivity index (χ4v) is 5.06. The summed E-state index contributed by atoms with van der Waals surface area (Å²) < 4.78 is 33.4. The summed E-state index contributed by atoms with van der Waals surface area (Å²) in [4.78, 5) is 30.9. The lowest BCUT2D eigenvalue weighted by molar-refractivity contribution is 0.100. The van der Waals surface area contributed by atoms with Gasteiger partial charge in [0.2, 0.25) is 0 Å². The Balaban J connectivity index is 1.89. The van der Waals surface area contributed by atoms with E-state index in [1.807, 2.05) is 13.0 Å². The molecular formula is C20H17F2N5O3S2. The number of ether oxygens (including phenoxy) is 1. The van der Waals surface area contributed by atoms with Gasteiger partial charge < -0.3 is 15.8 Å². The summed E-state index contributed by atoms with van der Waals surface area (Å²) in [6.45, 7) is 2.05. The first-order valence-electron chi connectivity index (χ1n) is 9.24. The third-order valence-corrected chi connectivity index (χ3v) is 6.64. The first-order chi connectivity index (χ1) is 15.3. The van der Waals surface area contributed by atoms with Gasteiger partial charge in [0.1, 0.15) is 22.1 Å². The molecule has 0 aliphatic carbocycles. The lowest BCUT2D eigenvalue weighted by Gasteiger charge is -2.09. The molecule has 0 unspecified atom stereocenters. The number of carbonyl (C=O) groups excluding carboxylic acids is 2. The average molecular weight is 478 g/mol. The van der Waals surface area contributed by atoms with Gasteiger partial charge in [-0.2, -0.15) is 5.10 Å². The van der Waals surface area contributed by atoms with Gasteiger partial charge in [0.05, 0.1) is 5.69 Å². The molecule has 0 atom stereocenters. The molecule has 4 aromatic rings. The molecule has 0 fully saturated rings. The van der Waals surface area contributed by atoms with Crippen molar-refractivity contribution in [2.45, 2.75) is 20.1 Å². The Morgan fingerprint density at radius 1 is 1.28 bits per heavy atom. The van der Waals surface area contributed by atoms with Crippen LogP contribution in [-0.2, 0) is 11.5 Å². The standard InChI is InChI=1S/C20H17F2N5O3S2/c1-9-3-4-13(31-9)10-7-12(17(21)22)24-20-14(10)15(16(32-20)18(23)28)25-19(29)11-5-6-27(26-11)8-30-2/h3-7,17H,8H2,1-2H3,(H2,23,28)(H,25,29). The van der Waals surface area contributed by atoms with Gasteiger partial charge in [-0.1, -0.05) is 0 Å². The number of nitrogens with zero attached hydrogens (tertiary/aromatic N) is 3. The third-order valence-electron chi connectivity index (χ3n) is 4.51. The first-order valence-corrected chi connectivity index (χ1v) is 10.9. The SMILES string of the molecule is COCn1ccc(C(=O)Nc2c(C(N)=O)sc3nc(C(F)F)cc(-c4ccc(C)s4)c23)n1. The largest absolute Gasteiger partial charge is 0.365 e. The summed E-state index contributed by atoms with van der Waals surface area (Å²) >= 11 is 2.26. The molecule has 0 aliphatic rings. The van der Waals surface area contributed by atoms with Crippen LogP contribution in [0, 0.1) is 6.92 Å². The van der Waals surface area contributed by atoms with E-state index in [1.54, 1.807) is 12.3 Å². The van der Waals surface area contributed by atoms with Gasteiger partial charge in [-0.15, -0.1) is 22.7 Å². The Kier molecular flexibility index (Phi) is 6.00. The molecule has 166 valence electrons. The van der Waals surface area contributed by atoms with E-state index in [-0.39, 0.29) is 27.8 Å². The molecule has 4 rings (SSSR count). The number of anilines is 1. The number of carbonyl (C=O) groups is 2. The summed E-state index contributed by atoms with van der Waals surface area (Å²) in [6, 6.07) is 6.42. The molecule has 2 amide bonds. The number of alkyl halides is 2. The number of amides is 2. The maximum Gasteiger partial charge on any atom is 0.280 e. The van der Waals surface area contributed by atoms with E-state index in [1.165, 1.54) is 35.3 Å². The fraction of sp³-hybridized carbons (Fsp3) is 0.200. The summed E-state index contributed by atoms with van der Waals surface area (Å²) in [5, 5.41) is 7.17. The van der Waals surface area contributed by atoms with Gasteiger partial charge >= 0.3 is 0 Å². The lowest BCUT2D eigenvalue weighted by Crippen LogP contribution is -2.17. The van der Waals surface area contributed by atoms with Crippen LogP contribution in [0.15, 0.2) is 30.5 Å². The lowest BCUT2D eigenvalue weighted by atomic mass is 10.1. The number of aryl methyl sites for hydroxylation is 1. The summed E-state index contributed by atoms with van der Waals surface area (Å²) in [5.74, 6) is -1.39. The van der Waals surface area contributed by atoms with Gasteiger partial charge in [-0.3, -0.25) is 9.59 Å². The van der Waals surface area contributed by atoms with Crippen LogP contribution in [0.4, 0.5) is 14.5 Å². The van der Waals surface area contributed by atoms with Crippen LogP contribution in [0.3, 0.4) is 0 Å². The molecule has 0 bridgehead atoms. The predicted molar refractivity (Wildman–Crippen MR) is 118 cm³/mol. The number of primary amides is 1. The van der Waals surface area contributed by atoms with Crippen molar-refractivity contribution in [3.63, 3.8) is 0 Å². The second-order valence-corrected chi connectivity index (χ2v) is 9.06. The Hall–Kier alpha value is -3.22.